The van der Waals surface area contributed by atoms with Crippen LogP contribution in [0.3, 0.4) is 0 Å². The molecule has 4 aromatic rings. The Morgan fingerprint density at radius 2 is 1.11 bits per heavy atom. The summed E-state index contributed by atoms with van der Waals surface area (Å²) in [5.41, 5.74) is 4.51. The second-order valence-corrected chi connectivity index (χ2v) is 9.15. The van der Waals surface area contributed by atoms with Crippen molar-refractivity contribution in [3.05, 3.63) is 72.1 Å². The first-order valence-electron chi connectivity index (χ1n) is 12.5. The molecule has 8 heteroatoms. The Labute approximate surface area is 208 Å². The van der Waals surface area contributed by atoms with Crippen LogP contribution in [0.4, 0.5) is 0 Å². The normalized spacial score (nSPS) is 18.1. The number of aromatic nitrogens is 2. The number of nitrogens with zero attached hydrogens (tertiary/aromatic N) is 2. The van der Waals surface area contributed by atoms with Gasteiger partial charge in [-0.3, -0.25) is 14.9 Å². The lowest BCUT2D eigenvalue weighted by Gasteiger charge is -2.09. The first-order chi connectivity index (χ1) is 17.7. The van der Waals surface area contributed by atoms with E-state index in [0.717, 1.165) is 72.2 Å². The summed E-state index contributed by atoms with van der Waals surface area (Å²) in [5, 5.41) is 11.4. The van der Waals surface area contributed by atoms with E-state index in [1.54, 1.807) is 0 Å². The number of rotatable bonds is 0. The highest BCUT2D eigenvalue weighted by molar-refractivity contribution is 6.50. The molecule has 0 saturated carbocycles. The number of amides is 2. The first kappa shape index (κ1) is 22.7. The molecule has 2 aliphatic heterocycles. The van der Waals surface area contributed by atoms with E-state index in [9.17, 15) is 9.59 Å². The fourth-order valence-corrected chi connectivity index (χ4v) is 5.27. The van der Waals surface area contributed by atoms with Crippen LogP contribution in [0.1, 0.15) is 11.1 Å². The number of ether oxygens (including phenoxy) is 1. The number of hydrogen-bond acceptors (Lipinski definition) is 5. The summed E-state index contributed by atoms with van der Waals surface area (Å²) in [5.74, 6) is -0.699. The molecule has 6 rings (SSSR count). The van der Waals surface area contributed by atoms with Crippen molar-refractivity contribution in [3.63, 3.8) is 0 Å². The van der Waals surface area contributed by atoms with Gasteiger partial charge >= 0.3 is 0 Å². The lowest BCUT2D eigenvalue weighted by atomic mass is 9.95. The quantitative estimate of drug-likeness (QED) is 0.334. The highest BCUT2D eigenvalue weighted by Crippen LogP contribution is 2.38. The van der Waals surface area contributed by atoms with Crippen LogP contribution in [-0.2, 0) is 27.4 Å². The van der Waals surface area contributed by atoms with Crippen molar-refractivity contribution < 1.29 is 14.3 Å². The zero-order valence-electron chi connectivity index (χ0n) is 20.0. The summed E-state index contributed by atoms with van der Waals surface area (Å²) < 4.78 is 10.1. The van der Waals surface area contributed by atoms with Gasteiger partial charge in [0.2, 0.25) is 0 Å². The van der Waals surface area contributed by atoms with E-state index in [1.807, 2.05) is 48.8 Å². The average Bonchev–Trinajstić information content (AvgIpc) is 3.52. The van der Waals surface area contributed by atoms with Gasteiger partial charge in [-0.15, -0.1) is 0 Å². The third-order valence-electron chi connectivity index (χ3n) is 6.95. The van der Waals surface area contributed by atoms with Crippen molar-refractivity contribution in [2.45, 2.75) is 13.1 Å². The van der Waals surface area contributed by atoms with Crippen molar-refractivity contribution in [1.29, 1.82) is 0 Å². The molecule has 0 fully saturated rings. The topological polar surface area (TPSA) is 89.3 Å². The Kier molecular flexibility index (Phi) is 6.14. The smallest absolute Gasteiger partial charge is 0.259 e. The molecule has 3 N–H and O–H groups in total. The molecule has 4 heterocycles. The first-order valence-corrected chi connectivity index (χ1v) is 12.5. The summed E-state index contributed by atoms with van der Waals surface area (Å²) in [7, 11) is 0. The molecule has 0 radical (unpaired) electrons. The van der Waals surface area contributed by atoms with Gasteiger partial charge in [-0.2, -0.15) is 0 Å². The van der Waals surface area contributed by atoms with Gasteiger partial charge in [-0.05, 0) is 12.1 Å². The van der Waals surface area contributed by atoms with Crippen LogP contribution in [0.25, 0.3) is 33.0 Å². The molecule has 2 aliphatic rings. The molecule has 0 spiro atoms. The minimum absolute atomic E-state index is 0.349. The zero-order chi connectivity index (χ0) is 24.5. The average molecular weight is 484 g/mol. The monoisotopic (exact) mass is 483 g/mol. The number of fused-ring (bicyclic) bond motifs is 12. The standard InChI is InChI=1S/C28H29N5O3/c34-27-25-21-17-32(23-7-3-1-5-19(21)23)13-9-29-11-15-36-16-12-30-10-14-33-18-22(26(25)28(35)31-27)20-6-2-4-8-24(20)33/h1-8,17-18,29-30H,9-16H2,(H,31,34,35). The van der Waals surface area contributed by atoms with Crippen molar-refractivity contribution in [3.8, 4) is 0 Å². The fourth-order valence-electron chi connectivity index (χ4n) is 5.27. The molecular weight excluding hydrogens is 454 g/mol. The lowest BCUT2D eigenvalue weighted by Crippen LogP contribution is -2.27. The van der Waals surface area contributed by atoms with Crippen LogP contribution >= 0.6 is 0 Å². The van der Waals surface area contributed by atoms with Crippen LogP contribution in [0.5, 0.6) is 0 Å². The van der Waals surface area contributed by atoms with Gasteiger partial charge in [0.15, 0.2) is 0 Å². The number of hydrogen-bond donors (Lipinski definition) is 3. The van der Waals surface area contributed by atoms with E-state index < -0.39 is 0 Å². The second-order valence-electron chi connectivity index (χ2n) is 9.15. The number of benzene rings is 2. The Bertz CT molecular complexity index is 1390. The van der Waals surface area contributed by atoms with Crippen LogP contribution in [-0.4, -0.2) is 60.3 Å². The largest absolute Gasteiger partial charge is 0.379 e. The van der Waals surface area contributed by atoms with E-state index in [2.05, 4.69) is 37.2 Å². The molecule has 0 saturated heterocycles. The predicted molar refractivity (Wildman–Crippen MR) is 140 cm³/mol. The maximum Gasteiger partial charge on any atom is 0.259 e. The van der Waals surface area contributed by atoms with Crippen molar-refractivity contribution in [2.75, 3.05) is 39.4 Å². The Morgan fingerprint density at radius 3 is 1.61 bits per heavy atom. The van der Waals surface area contributed by atoms with Gasteiger partial charge in [-0.25, -0.2) is 0 Å². The number of carbonyl (C=O) groups is 2. The molecule has 0 atom stereocenters. The summed E-state index contributed by atoms with van der Waals surface area (Å²) in [6.45, 7) is 5.87. The molecule has 184 valence electrons. The van der Waals surface area contributed by atoms with Gasteiger partial charge in [0.05, 0.1) is 24.4 Å². The minimum Gasteiger partial charge on any atom is -0.379 e. The molecule has 2 aromatic carbocycles. The lowest BCUT2D eigenvalue weighted by molar-refractivity contribution is -0.122. The Morgan fingerprint density at radius 1 is 0.639 bits per heavy atom. The predicted octanol–water partition coefficient (Wildman–Crippen LogP) is 2.37. The minimum atomic E-state index is -0.349. The van der Waals surface area contributed by atoms with Crippen LogP contribution in [0.2, 0.25) is 0 Å². The van der Waals surface area contributed by atoms with E-state index in [-0.39, 0.29) is 11.8 Å². The third kappa shape index (κ3) is 4.03. The van der Waals surface area contributed by atoms with Crippen LogP contribution < -0.4 is 16.0 Å². The van der Waals surface area contributed by atoms with Crippen molar-refractivity contribution in [1.82, 2.24) is 25.1 Å². The summed E-state index contributed by atoms with van der Waals surface area (Å²) >= 11 is 0. The van der Waals surface area contributed by atoms with Gasteiger partial charge in [0.1, 0.15) is 0 Å². The maximum atomic E-state index is 13.2. The van der Waals surface area contributed by atoms with Crippen LogP contribution in [0, 0.1) is 0 Å². The number of nitrogens with one attached hydrogen (secondary N) is 3. The van der Waals surface area contributed by atoms with E-state index in [0.29, 0.717) is 24.4 Å². The molecule has 0 unspecified atom stereocenters. The van der Waals surface area contributed by atoms with Gasteiger partial charge in [0.25, 0.3) is 11.8 Å². The molecule has 2 amide bonds. The summed E-state index contributed by atoms with van der Waals surface area (Å²) in [6, 6.07) is 16.1. The van der Waals surface area contributed by atoms with E-state index in [1.165, 1.54) is 0 Å². The zero-order valence-corrected chi connectivity index (χ0v) is 20.0. The van der Waals surface area contributed by atoms with Crippen LogP contribution in [0.15, 0.2) is 60.9 Å². The molecular formula is C28H29N5O3. The highest BCUT2D eigenvalue weighted by Gasteiger charge is 2.35. The second kappa shape index (κ2) is 9.73. The maximum absolute atomic E-state index is 13.2. The van der Waals surface area contributed by atoms with Gasteiger partial charge in [0, 0.05) is 84.6 Å². The molecule has 4 bridgehead atoms. The van der Waals surface area contributed by atoms with Gasteiger partial charge < -0.3 is 24.5 Å². The summed E-state index contributed by atoms with van der Waals surface area (Å²) in [6.07, 6.45) is 4.02. The van der Waals surface area contributed by atoms with Crippen molar-refractivity contribution >= 4 is 44.8 Å². The molecule has 2 aromatic heterocycles. The Hall–Kier alpha value is -3.72. The van der Waals surface area contributed by atoms with E-state index >= 15 is 0 Å². The highest BCUT2D eigenvalue weighted by atomic mass is 16.5. The van der Waals surface area contributed by atoms with E-state index in [4.69, 9.17) is 4.74 Å². The SMILES string of the molecule is O=C1NC(=O)C2=C1c1cn(c3ccccc13)CCNCCOCCNCCn1cc2c2ccccc21. The molecule has 0 aliphatic carbocycles. The number of carbonyl (C=O) groups excluding carboxylic acids is 2. The van der Waals surface area contributed by atoms with Gasteiger partial charge in [-0.1, -0.05) is 36.4 Å². The number of para-hydroxylation sites is 2. The number of imide groups is 1. The van der Waals surface area contributed by atoms with Crippen molar-refractivity contribution in [2.24, 2.45) is 0 Å². The molecule has 36 heavy (non-hydrogen) atoms. The summed E-state index contributed by atoms with van der Waals surface area (Å²) in [4.78, 5) is 26.5. The fraction of sp³-hybridized carbons (Fsp3) is 0.286. The molecule has 8 nitrogen and oxygen atoms in total. The Balaban J connectivity index is 1.55. The third-order valence-corrected chi connectivity index (χ3v) is 6.95.